The Hall–Kier alpha value is -2.12. The third-order valence-corrected chi connectivity index (χ3v) is 3.73. The van der Waals surface area contributed by atoms with Crippen LogP contribution in [0.2, 0.25) is 5.02 Å². The summed E-state index contributed by atoms with van der Waals surface area (Å²) in [5.74, 6) is -0.738. The van der Waals surface area contributed by atoms with Crippen molar-refractivity contribution in [1.82, 2.24) is 14.9 Å². The molecular formula is C15H15ClN4O2S. The molecule has 2 aromatic rings. The van der Waals surface area contributed by atoms with Gasteiger partial charge < -0.3 is 10.2 Å². The van der Waals surface area contributed by atoms with E-state index in [0.717, 1.165) is 0 Å². The SMILES string of the molecule is CSc1ncc(Cl)c(C(=O)N(C)CC(=O)Nc2ccccc2)n1. The molecule has 2 rings (SSSR count). The lowest BCUT2D eigenvalue weighted by Gasteiger charge is -2.17. The molecule has 0 atom stereocenters. The Kier molecular flexibility index (Phi) is 5.95. The summed E-state index contributed by atoms with van der Waals surface area (Å²) < 4.78 is 0. The van der Waals surface area contributed by atoms with Crippen molar-refractivity contribution < 1.29 is 9.59 Å². The van der Waals surface area contributed by atoms with Crippen LogP contribution < -0.4 is 5.32 Å². The number of anilines is 1. The number of thioether (sulfide) groups is 1. The zero-order valence-corrected chi connectivity index (χ0v) is 14.2. The monoisotopic (exact) mass is 350 g/mol. The van der Waals surface area contributed by atoms with Crippen LogP contribution >= 0.6 is 23.4 Å². The minimum atomic E-state index is -0.434. The zero-order valence-electron chi connectivity index (χ0n) is 12.6. The fraction of sp³-hybridized carbons (Fsp3) is 0.200. The van der Waals surface area contributed by atoms with Crippen LogP contribution in [-0.2, 0) is 4.79 Å². The van der Waals surface area contributed by atoms with Crippen LogP contribution in [0.25, 0.3) is 0 Å². The number of hydrogen-bond acceptors (Lipinski definition) is 5. The van der Waals surface area contributed by atoms with E-state index in [9.17, 15) is 9.59 Å². The van der Waals surface area contributed by atoms with Gasteiger partial charge in [0, 0.05) is 12.7 Å². The van der Waals surface area contributed by atoms with Gasteiger partial charge in [0.15, 0.2) is 10.9 Å². The summed E-state index contributed by atoms with van der Waals surface area (Å²) in [6.07, 6.45) is 3.18. The summed E-state index contributed by atoms with van der Waals surface area (Å²) in [4.78, 5) is 33.7. The van der Waals surface area contributed by atoms with E-state index in [4.69, 9.17) is 11.6 Å². The second-order valence-corrected chi connectivity index (χ2v) is 5.81. The molecule has 0 aliphatic carbocycles. The van der Waals surface area contributed by atoms with Crippen molar-refractivity contribution in [3.8, 4) is 0 Å². The molecule has 0 fully saturated rings. The average Bonchev–Trinajstić information content (AvgIpc) is 2.55. The Morgan fingerprint density at radius 1 is 1.30 bits per heavy atom. The predicted octanol–water partition coefficient (Wildman–Crippen LogP) is 2.56. The van der Waals surface area contributed by atoms with Crippen LogP contribution in [0.1, 0.15) is 10.5 Å². The van der Waals surface area contributed by atoms with Crippen molar-refractivity contribution in [1.29, 1.82) is 0 Å². The number of benzene rings is 1. The Labute approximate surface area is 143 Å². The van der Waals surface area contributed by atoms with E-state index in [1.165, 1.54) is 29.9 Å². The van der Waals surface area contributed by atoms with Crippen molar-refractivity contribution in [3.05, 3.63) is 47.2 Å². The minimum absolute atomic E-state index is 0.0843. The van der Waals surface area contributed by atoms with Crippen LogP contribution in [0.15, 0.2) is 41.7 Å². The molecule has 0 saturated heterocycles. The number of rotatable bonds is 5. The van der Waals surface area contributed by atoms with Crippen molar-refractivity contribution >= 4 is 40.9 Å². The normalized spacial score (nSPS) is 10.2. The zero-order chi connectivity index (χ0) is 16.8. The number of hydrogen-bond donors (Lipinski definition) is 1. The lowest BCUT2D eigenvalue weighted by atomic mass is 10.3. The first-order chi connectivity index (χ1) is 11.0. The Balaban J connectivity index is 2.04. The number of aromatic nitrogens is 2. The molecule has 2 amide bonds. The molecule has 120 valence electrons. The fourth-order valence-corrected chi connectivity index (χ4v) is 2.30. The summed E-state index contributed by atoms with van der Waals surface area (Å²) >= 11 is 7.28. The number of nitrogens with one attached hydrogen (secondary N) is 1. The molecule has 1 aromatic carbocycles. The number of carbonyl (C=O) groups excluding carboxylic acids is 2. The van der Waals surface area contributed by atoms with Crippen molar-refractivity contribution in [2.45, 2.75) is 5.16 Å². The molecule has 8 heteroatoms. The maximum atomic E-state index is 12.4. The first-order valence-corrected chi connectivity index (χ1v) is 8.28. The van der Waals surface area contributed by atoms with Crippen LogP contribution in [0.5, 0.6) is 0 Å². The van der Waals surface area contributed by atoms with Crippen molar-refractivity contribution in [2.75, 3.05) is 25.2 Å². The molecule has 1 N–H and O–H groups in total. The third kappa shape index (κ3) is 4.67. The second kappa shape index (κ2) is 7.94. The van der Waals surface area contributed by atoms with Gasteiger partial charge in [0.2, 0.25) is 5.91 Å². The highest BCUT2D eigenvalue weighted by Gasteiger charge is 2.20. The van der Waals surface area contributed by atoms with Gasteiger partial charge in [-0.15, -0.1) is 0 Å². The number of carbonyl (C=O) groups is 2. The first kappa shape index (κ1) is 17.2. The molecule has 0 radical (unpaired) electrons. The summed E-state index contributed by atoms with van der Waals surface area (Å²) in [6.45, 7) is -0.108. The Morgan fingerprint density at radius 2 is 2.00 bits per heavy atom. The van der Waals surface area contributed by atoms with Gasteiger partial charge in [-0.2, -0.15) is 0 Å². The van der Waals surface area contributed by atoms with Gasteiger partial charge in [-0.05, 0) is 18.4 Å². The second-order valence-electron chi connectivity index (χ2n) is 4.63. The first-order valence-electron chi connectivity index (χ1n) is 6.68. The lowest BCUT2D eigenvalue weighted by Crippen LogP contribution is -2.35. The minimum Gasteiger partial charge on any atom is -0.331 e. The number of likely N-dealkylation sites (N-methyl/N-ethyl adjacent to an activating group) is 1. The van der Waals surface area contributed by atoms with Gasteiger partial charge in [0.05, 0.1) is 17.8 Å². The van der Waals surface area contributed by atoms with Gasteiger partial charge in [0.25, 0.3) is 5.91 Å². The van der Waals surface area contributed by atoms with Gasteiger partial charge in [-0.1, -0.05) is 41.6 Å². The standard InChI is InChI=1S/C15H15ClN4O2S/c1-20(9-12(21)18-10-6-4-3-5-7-10)14(22)13-11(16)8-17-15(19-13)23-2/h3-8H,9H2,1-2H3,(H,18,21). The van der Waals surface area contributed by atoms with E-state index in [1.807, 2.05) is 18.2 Å². The van der Waals surface area contributed by atoms with Gasteiger partial charge in [-0.25, -0.2) is 9.97 Å². The molecule has 23 heavy (non-hydrogen) atoms. The summed E-state index contributed by atoms with van der Waals surface area (Å²) in [5, 5.41) is 3.31. The van der Waals surface area contributed by atoms with Crippen LogP contribution in [0.4, 0.5) is 5.69 Å². The third-order valence-electron chi connectivity index (χ3n) is 2.89. The number of halogens is 1. The quantitative estimate of drug-likeness (QED) is 0.662. The maximum Gasteiger partial charge on any atom is 0.274 e. The largest absolute Gasteiger partial charge is 0.331 e. The van der Waals surface area contributed by atoms with Gasteiger partial charge >= 0.3 is 0 Å². The van der Waals surface area contributed by atoms with E-state index in [0.29, 0.717) is 10.8 Å². The number of amides is 2. The molecule has 0 aliphatic heterocycles. The van der Waals surface area contributed by atoms with Gasteiger partial charge in [-0.3, -0.25) is 9.59 Å². The van der Waals surface area contributed by atoms with Gasteiger partial charge in [0.1, 0.15) is 0 Å². The van der Waals surface area contributed by atoms with Crippen LogP contribution in [-0.4, -0.2) is 46.5 Å². The van der Waals surface area contributed by atoms with Crippen molar-refractivity contribution in [2.24, 2.45) is 0 Å². The molecule has 1 heterocycles. The fourth-order valence-electron chi connectivity index (χ4n) is 1.79. The topological polar surface area (TPSA) is 75.2 Å². The highest BCUT2D eigenvalue weighted by atomic mass is 35.5. The molecule has 6 nitrogen and oxygen atoms in total. The molecule has 0 saturated carbocycles. The lowest BCUT2D eigenvalue weighted by molar-refractivity contribution is -0.116. The molecule has 0 unspecified atom stereocenters. The van der Waals surface area contributed by atoms with E-state index in [2.05, 4.69) is 15.3 Å². The Bertz CT molecular complexity index is 712. The Morgan fingerprint density at radius 3 is 2.65 bits per heavy atom. The summed E-state index contributed by atoms with van der Waals surface area (Å²) in [5.41, 5.74) is 0.754. The molecule has 0 bridgehead atoms. The number of nitrogens with zero attached hydrogens (tertiary/aromatic N) is 3. The van der Waals surface area contributed by atoms with E-state index in [1.54, 1.807) is 18.4 Å². The van der Waals surface area contributed by atoms with E-state index in [-0.39, 0.29) is 23.2 Å². The highest BCUT2D eigenvalue weighted by molar-refractivity contribution is 7.98. The summed E-state index contributed by atoms with van der Waals surface area (Å²) in [7, 11) is 1.52. The molecule has 0 spiro atoms. The van der Waals surface area contributed by atoms with Crippen LogP contribution in [0, 0.1) is 0 Å². The summed E-state index contributed by atoms with van der Waals surface area (Å²) in [6, 6.07) is 9.02. The van der Waals surface area contributed by atoms with Crippen molar-refractivity contribution in [3.63, 3.8) is 0 Å². The predicted molar refractivity (Wildman–Crippen MR) is 90.9 cm³/mol. The molecule has 0 aliphatic rings. The van der Waals surface area contributed by atoms with E-state index >= 15 is 0 Å². The maximum absolute atomic E-state index is 12.4. The highest BCUT2D eigenvalue weighted by Crippen LogP contribution is 2.17. The van der Waals surface area contributed by atoms with Crippen LogP contribution in [0.3, 0.4) is 0 Å². The number of para-hydroxylation sites is 1. The average molecular weight is 351 g/mol. The molecular weight excluding hydrogens is 336 g/mol. The smallest absolute Gasteiger partial charge is 0.274 e. The van der Waals surface area contributed by atoms with E-state index < -0.39 is 5.91 Å². The molecule has 1 aromatic heterocycles.